The van der Waals surface area contributed by atoms with Gasteiger partial charge in [0.1, 0.15) is 0 Å². The third kappa shape index (κ3) is 5.33. The number of carbonyl (C=O) groups excluding carboxylic acids is 3. The van der Waals surface area contributed by atoms with Gasteiger partial charge in [-0.05, 0) is 61.4 Å². The summed E-state index contributed by atoms with van der Waals surface area (Å²) in [4.78, 5) is 40.2. The topological polar surface area (TPSA) is 100 Å². The van der Waals surface area contributed by atoms with E-state index in [0.29, 0.717) is 34.2 Å². The lowest BCUT2D eigenvalue weighted by molar-refractivity contribution is -0.114. The Morgan fingerprint density at radius 1 is 0.806 bits per heavy atom. The molecule has 0 bridgehead atoms. The quantitative estimate of drug-likeness (QED) is 0.570. The normalized spacial score (nSPS) is 12.7. The number of amides is 3. The molecule has 1 fully saturated rings. The summed E-state index contributed by atoms with van der Waals surface area (Å²) < 4.78 is 0. The third-order valence-electron chi connectivity index (χ3n) is 4.84. The predicted molar refractivity (Wildman–Crippen MR) is 119 cm³/mol. The Bertz CT molecular complexity index is 1120. The Hall–Kier alpha value is -4.00. The van der Waals surface area contributed by atoms with Crippen LogP contribution >= 0.6 is 0 Å². The number of benzene rings is 2. The van der Waals surface area contributed by atoms with Gasteiger partial charge in [-0.2, -0.15) is 0 Å². The highest BCUT2D eigenvalue weighted by molar-refractivity contribution is 6.05. The van der Waals surface area contributed by atoms with Crippen molar-refractivity contribution in [3.63, 3.8) is 0 Å². The molecule has 3 amide bonds. The molecule has 3 aromatic rings. The monoisotopic (exact) mass is 414 g/mol. The third-order valence-corrected chi connectivity index (χ3v) is 4.84. The maximum atomic E-state index is 12.7. The zero-order valence-electron chi connectivity index (χ0n) is 17.0. The molecule has 7 nitrogen and oxygen atoms in total. The van der Waals surface area contributed by atoms with Gasteiger partial charge >= 0.3 is 0 Å². The fraction of sp³-hybridized carbons (Fsp3) is 0.167. The van der Waals surface area contributed by atoms with Crippen LogP contribution in [-0.2, 0) is 4.79 Å². The molecule has 156 valence electrons. The summed E-state index contributed by atoms with van der Waals surface area (Å²) in [7, 11) is 0. The van der Waals surface area contributed by atoms with Gasteiger partial charge < -0.3 is 16.0 Å². The fourth-order valence-electron chi connectivity index (χ4n) is 3.06. The summed E-state index contributed by atoms with van der Waals surface area (Å²) in [5, 5.41) is 8.48. The van der Waals surface area contributed by atoms with Crippen molar-refractivity contribution in [1.82, 2.24) is 10.3 Å². The largest absolute Gasteiger partial charge is 0.349 e. The van der Waals surface area contributed by atoms with Crippen molar-refractivity contribution < 1.29 is 14.4 Å². The van der Waals surface area contributed by atoms with Crippen LogP contribution in [0, 0.1) is 0 Å². The first kappa shape index (κ1) is 20.3. The van der Waals surface area contributed by atoms with Gasteiger partial charge in [0.15, 0.2) is 0 Å². The van der Waals surface area contributed by atoms with Gasteiger partial charge in [-0.1, -0.05) is 12.1 Å². The van der Waals surface area contributed by atoms with Crippen LogP contribution < -0.4 is 16.0 Å². The van der Waals surface area contributed by atoms with Crippen molar-refractivity contribution in [2.24, 2.45) is 0 Å². The van der Waals surface area contributed by atoms with Gasteiger partial charge in [-0.15, -0.1) is 0 Å². The maximum absolute atomic E-state index is 12.7. The minimum atomic E-state index is -0.267. The lowest BCUT2D eigenvalue weighted by Crippen LogP contribution is -2.25. The Kier molecular flexibility index (Phi) is 5.75. The average Bonchev–Trinajstić information content (AvgIpc) is 3.59. The average molecular weight is 414 g/mol. The molecule has 0 unspecified atom stereocenters. The summed E-state index contributed by atoms with van der Waals surface area (Å²) in [6, 6.07) is 17.7. The highest BCUT2D eigenvalue weighted by atomic mass is 16.2. The zero-order valence-corrected chi connectivity index (χ0v) is 17.0. The second kappa shape index (κ2) is 8.79. The number of rotatable bonds is 6. The molecule has 4 rings (SSSR count). The molecule has 1 aromatic heterocycles. The van der Waals surface area contributed by atoms with Crippen LogP contribution in [0.3, 0.4) is 0 Å². The molecule has 1 heterocycles. The number of nitrogens with zero attached hydrogens (tertiary/aromatic N) is 1. The number of hydrogen-bond donors (Lipinski definition) is 3. The lowest BCUT2D eigenvalue weighted by atomic mass is 10.1. The second-order valence-electron chi connectivity index (χ2n) is 7.47. The molecule has 3 N–H and O–H groups in total. The van der Waals surface area contributed by atoms with E-state index in [9.17, 15) is 14.4 Å². The van der Waals surface area contributed by atoms with E-state index in [1.54, 1.807) is 54.7 Å². The van der Waals surface area contributed by atoms with E-state index >= 15 is 0 Å². The van der Waals surface area contributed by atoms with Crippen LogP contribution in [0.15, 0.2) is 66.9 Å². The SMILES string of the molecule is CC(=O)Nc1ccc(NC(=O)c2ccnc(-c3ccc(C(=O)NC4CC4)cc3)c2)cc1. The van der Waals surface area contributed by atoms with E-state index in [4.69, 9.17) is 0 Å². The molecule has 1 saturated carbocycles. The van der Waals surface area contributed by atoms with Gasteiger partial charge in [0.2, 0.25) is 5.91 Å². The van der Waals surface area contributed by atoms with Crippen molar-refractivity contribution in [1.29, 1.82) is 0 Å². The number of nitrogens with one attached hydrogen (secondary N) is 3. The number of aromatic nitrogens is 1. The number of anilines is 2. The summed E-state index contributed by atoms with van der Waals surface area (Å²) in [6.45, 7) is 1.44. The van der Waals surface area contributed by atoms with Crippen molar-refractivity contribution in [2.45, 2.75) is 25.8 Å². The molecule has 0 spiro atoms. The van der Waals surface area contributed by atoms with E-state index in [1.807, 2.05) is 12.1 Å². The molecule has 0 radical (unpaired) electrons. The van der Waals surface area contributed by atoms with Crippen molar-refractivity contribution in [3.05, 3.63) is 78.0 Å². The molecule has 0 atom stereocenters. The first-order valence-electron chi connectivity index (χ1n) is 10.0. The smallest absolute Gasteiger partial charge is 0.255 e. The standard InChI is InChI=1S/C24H22N4O3/c1-15(29)26-19-6-8-21(9-7-19)28-24(31)18-12-13-25-22(14-18)16-2-4-17(5-3-16)23(30)27-20-10-11-20/h2-9,12-14,20H,10-11H2,1H3,(H,26,29)(H,27,30)(H,28,31). The molecule has 1 aliphatic rings. The van der Waals surface area contributed by atoms with Gasteiger partial charge in [-0.3, -0.25) is 19.4 Å². The Morgan fingerprint density at radius 2 is 1.45 bits per heavy atom. The van der Waals surface area contributed by atoms with Gasteiger partial charge in [-0.25, -0.2) is 0 Å². The van der Waals surface area contributed by atoms with Crippen LogP contribution in [0.25, 0.3) is 11.3 Å². The molecular weight excluding hydrogens is 392 g/mol. The first-order chi connectivity index (χ1) is 15.0. The van der Waals surface area contributed by atoms with E-state index < -0.39 is 0 Å². The molecule has 0 aliphatic heterocycles. The Balaban J connectivity index is 1.44. The van der Waals surface area contributed by atoms with E-state index in [0.717, 1.165) is 18.4 Å². The van der Waals surface area contributed by atoms with Crippen LogP contribution in [0.2, 0.25) is 0 Å². The molecule has 1 aliphatic carbocycles. The van der Waals surface area contributed by atoms with Gasteiger partial charge in [0.25, 0.3) is 11.8 Å². The molecule has 2 aromatic carbocycles. The second-order valence-corrected chi connectivity index (χ2v) is 7.47. The predicted octanol–water partition coefficient (Wildman–Crippen LogP) is 3.85. The summed E-state index contributed by atoms with van der Waals surface area (Å²) in [6.07, 6.45) is 3.67. The summed E-state index contributed by atoms with van der Waals surface area (Å²) in [5.41, 5.74) is 3.80. The molecule has 31 heavy (non-hydrogen) atoms. The van der Waals surface area contributed by atoms with Crippen LogP contribution in [0.5, 0.6) is 0 Å². The highest BCUT2D eigenvalue weighted by Crippen LogP contribution is 2.22. The lowest BCUT2D eigenvalue weighted by Gasteiger charge is -2.09. The van der Waals surface area contributed by atoms with Crippen molar-refractivity contribution in [2.75, 3.05) is 10.6 Å². The number of pyridine rings is 1. The van der Waals surface area contributed by atoms with Crippen LogP contribution in [0.4, 0.5) is 11.4 Å². The Labute approximate surface area is 179 Å². The fourth-order valence-corrected chi connectivity index (χ4v) is 3.06. The van der Waals surface area contributed by atoms with Crippen LogP contribution in [-0.4, -0.2) is 28.7 Å². The van der Waals surface area contributed by atoms with Crippen LogP contribution in [0.1, 0.15) is 40.5 Å². The summed E-state index contributed by atoms with van der Waals surface area (Å²) in [5.74, 6) is -0.492. The zero-order chi connectivity index (χ0) is 21.8. The van der Waals surface area contributed by atoms with E-state index in [1.165, 1.54) is 6.92 Å². The minimum absolute atomic E-state index is 0.0698. The molecule has 7 heteroatoms. The minimum Gasteiger partial charge on any atom is -0.349 e. The Morgan fingerprint density at radius 3 is 2.06 bits per heavy atom. The summed E-state index contributed by atoms with van der Waals surface area (Å²) >= 11 is 0. The highest BCUT2D eigenvalue weighted by Gasteiger charge is 2.23. The molecule has 0 saturated heterocycles. The van der Waals surface area contributed by atoms with E-state index in [-0.39, 0.29) is 17.7 Å². The first-order valence-corrected chi connectivity index (χ1v) is 10.0. The van der Waals surface area contributed by atoms with E-state index in [2.05, 4.69) is 20.9 Å². The van der Waals surface area contributed by atoms with Gasteiger partial charge in [0, 0.05) is 47.2 Å². The number of hydrogen-bond acceptors (Lipinski definition) is 4. The number of carbonyl (C=O) groups is 3. The van der Waals surface area contributed by atoms with Gasteiger partial charge in [0.05, 0.1) is 5.69 Å². The maximum Gasteiger partial charge on any atom is 0.255 e. The van der Waals surface area contributed by atoms with Crippen molar-refractivity contribution >= 4 is 29.1 Å². The van der Waals surface area contributed by atoms with Crippen molar-refractivity contribution in [3.8, 4) is 11.3 Å². The molecular formula is C24H22N4O3.